The van der Waals surface area contributed by atoms with E-state index in [0.717, 1.165) is 44.9 Å². The first-order chi connectivity index (χ1) is 15.9. The number of rotatable bonds is 6. The van der Waals surface area contributed by atoms with E-state index in [-0.39, 0.29) is 22.9 Å². The van der Waals surface area contributed by atoms with Crippen LogP contribution in [0.25, 0.3) is 0 Å². The van der Waals surface area contributed by atoms with Gasteiger partial charge in [-0.1, -0.05) is 57.9 Å². The first kappa shape index (κ1) is 25.4. The first-order valence-electron chi connectivity index (χ1n) is 13.3. The number of aliphatic carboxylic acids is 1. The third-order valence-electron chi connectivity index (χ3n) is 10.8. The van der Waals surface area contributed by atoms with Gasteiger partial charge < -0.3 is 10.2 Å². The molecule has 4 rings (SSSR count). The quantitative estimate of drug-likeness (QED) is 0.345. The van der Waals surface area contributed by atoms with Gasteiger partial charge in [0.1, 0.15) is 5.78 Å². The highest BCUT2D eigenvalue weighted by molar-refractivity contribution is 5.86. The zero-order valence-corrected chi connectivity index (χ0v) is 22.0. The van der Waals surface area contributed by atoms with Gasteiger partial charge in [-0.3, -0.25) is 4.79 Å². The van der Waals surface area contributed by atoms with E-state index in [1.54, 1.807) is 12.5 Å². The predicted molar refractivity (Wildman–Crippen MR) is 135 cm³/mol. The molecule has 0 aromatic carbocycles. The Morgan fingerprint density at radius 3 is 2.53 bits per heavy atom. The third-order valence-corrected chi connectivity index (χ3v) is 10.8. The molecular weight excluding hydrogens is 424 g/mol. The van der Waals surface area contributed by atoms with Crippen molar-refractivity contribution in [3.05, 3.63) is 34.4 Å². The molecule has 2 saturated carbocycles. The average Bonchev–Trinajstić information content (AvgIpc) is 3.09. The predicted octanol–water partition coefficient (Wildman–Crippen LogP) is 6.50. The number of allylic oxidation sites excluding steroid dienone is 4. The zero-order chi connectivity index (χ0) is 25.1. The van der Waals surface area contributed by atoms with Crippen molar-refractivity contribution in [2.75, 3.05) is 6.61 Å². The molecule has 2 N–H and O–H groups in total. The molecule has 0 saturated heterocycles. The van der Waals surface area contributed by atoms with Gasteiger partial charge in [0.15, 0.2) is 0 Å². The van der Waals surface area contributed by atoms with Crippen molar-refractivity contribution in [1.82, 2.24) is 0 Å². The Labute approximate surface area is 205 Å². The summed E-state index contributed by atoms with van der Waals surface area (Å²) in [6.07, 6.45) is 11.9. The molecule has 0 unspecified atom stereocenters. The fourth-order valence-corrected chi connectivity index (χ4v) is 8.56. The van der Waals surface area contributed by atoms with Crippen molar-refractivity contribution in [3.63, 3.8) is 0 Å². The van der Waals surface area contributed by atoms with Crippen LogP contribution in [0.15, 0.2) is 34.4 Å². The molecule has 0 aliphatic heterocycles. The summed E-state index contributed by atoms with van der Waals surface area (Å²) < 4.78 is 0. The lowest BCUT2D eigenvalue weighted by Gasteiger charge is -2.56. The van der Waals surface area contributed by atoms with E-state index in [1.165, 1.54) is 11.1 Å². The van der Waals surface area contributed by atoms with Gasteiger partial charge in [0.2, 0.25) is 0 Å². The topological polar surface area (TPSA) is 74.6 Å². The van der Waals surface area contributed by atoms with Crippen molar-refractivity contribution in [3.8, 4) is 0 Å². The van der Waals surface area contributed by atoms with Gasteiger partial charge in [0.25, 0.3) is 0 Å². The summed E-state index contributed by atoms with van der Waals surface area (Å²) in [4.78, 5) is 23.9. The number of hydrogen-bond donors (Lipinski definition) is 2. The maximum absolute atomic E-state index is 12.8. The van der Waals surface area contributed by atoms with Gasteiger partial charge >= 0.3 is 5.97 Å². The van der Waals surface area contributed by atoms with Crippen LogP contribution in [0.3, 0.4) is 0 Å². The second-order valence-corrected chi connectivity index (χ2v) is 12.7. The SMILES string of the molecule is C/C(=C/CC[C@@H](C)C1=C(CO)[C@@H]2C[C@@H]3C(=CC[C@H]4C(C)(C)C(=O)CC[C@]34C)[C@]2(C)CC1)C(=O)O. The van der Waals surface area contributed by atoms with Gasteiger partial charge in [-0.2, -0.15) is 0 Å². The van der Waals surface area contributed by atoms with Crippen LogP contribution in [0.2, 0.25) is 0 Å². The highest BCUT2D eigenvalue weighted by atomic mass is 16.4. The number of carboxylic acid groups (broad SMARTS) is 1. The molecule has 4 heteroatoms. The summed E-state index contributed by atoms with van der Waals surface area (Å²) in [5, 5.41) is 19.7. The summed E-state index contributed by atoms with van der Waals surface area (Å²) in [5.41, 5.74) is 4.66. The van der Waals surface area contributed by atoms with Crippen LogP contribution >= 0.6 is 0 Å². The zero-order valence-electron chi connectivity index (χ0n) is 22.0. The molecule has 34 heavy (non-hydrogen) atoms. The Morgan fingerprint density at radius 2 is 1.88 bits per heavy atom. The molecule has 0 spiro atoms. The lowest BCUT2D eigenvalue weighted by molar-refractivity contribution is -0.142. The Balaban J connectivity index is 1.63. The minimum absolute atomic E-state index is 0.103. The molecule has 0 aromatic heterocycles. The minimum atomic E-state index is -0.849. The largest absolute Gasteiger partial charge is 0.478 e. The number of ketones is 1. The molecule has 6 atom stereocenters. The van der Waals surface area contributed by atoms with Crippen LogP contribution in [0.1, 0.15) is 92.9 Å². The van der Waals surface area contributed by atoms with E-state index in [2.05, 4.69) is 40.7 Å². The maximum atomic E-state index is 12.8. The number of fused-ring (bicyclic) bond motifs is 5. The Morgan fingerprint density at radius 1 is 1.18 bits per heavy atom. The number of Topliss-reactive ketones (excluding diaryl/α,β-unsaturated/α-hetero) is 1. The smallest absolute Gasteiger partial charge is 0.330 e. The summed E-state index contributed by atoms with van der Waals surface area (Å²) in [7, 11) is 0. The van der Waals surface area contributed by atoms with Crippen molar-refractivity contribution in [2.45, 2.75) is 92.9 Å². The molecule has 0 heterocycles. The number of aliphatic hydroxyl groups excluding tert-OH is 1. The van der Waals surface area contributed by atoms with Crippen LogP contribution in [0.4, 0.5) is 0 Å². The van der Waals surface area contributed by atoms with E-state index in [9.17, 15) is 14.7 Å². The van der Waals surface area contributed by atoms with E-state index >= 15 is 0 Å². The fourth-order valence-electron chi connectivity index (χ4n) is 8.56. The van der Waals surface area contributed by atoms with Gasteiger partial charge in [0.05, 0.1) is 6.61 Å². The summed E-state index contributed by atoms with van der Waals surface area (Å²) in [6.45, 7) is 13.2. The highest BCUT2D eigenvalue weighted by Gasteiger charge is 2.62. The molecule has 4 aliphatic rings. The molecule has 0 amide bonds. The number of aliphatic hydroxyl groups is 1. The second kappa shape index (κ2) is 8.76. The Bertz CT molecular complexity index is 966. The van der Waals surface area contributed by atoms with Crippen molar-refractivity contribution in [1.29, 1.82) is 0 Å². The fraction of sp³-hybridized carbons (Fsp3) is 0.733. The van der Waals surface area contributed by atoms with Gasteiger partial charge in [-0.15, -0.1) is 0 Å². The summed E-state index contributed by atoms with van der Waals surface area (Å²) in [6, 6.07) is 0. The molecule has 2 fully saturated rings. The Hall–Kier alpha value is -1.68. The molecule has 188 valence electrons. The molecular formula is C30H44O4. The Kier molecular flexibility index (Phi) is 6.55. The normalized spacial score (nSPS) is 38.1. The number of carboxylic acids is 1. The lowest BCUT2D eigenvalue weighted by atomic mass is 9.48. The first-order valence-corrected chi connectivity index (χ1v) is 13.3. The van der Waals surface area contributed by atoms with E-state index in [1.807, 2.05) is 6.08 Å². The van der Waals surface area contributed by atoms with Crippen molar-refractivity contribution >= 4 is 11.8 Å². The van der Waals surface area contributed by atoms with E-state index in [4.69, 9.17) is 5.11 Å². The standard InChI is InChI=1S/C30H44O4/c1-18(8-7-9-19(2)27(33)34)20-12-14-29(5)22-10-11-25-28(3,4)26(32)13-15-30(25,6)24(22)16-23(29)21(20)17-31/h9-10,18,23-25,31H,7-8,11-17H2,1-6H3,(H,33,34)/b19-9-/t18-,23+,24-,25+,29+,30-/m1/s1. The third kappa shape index (κ3) is 3.75. The number of hydrogen-bond acceptors (Lipinski definition) is 3. The van der Waals surface area contributed by atoms with Crippen molar-refractivity contribution in [2.24, 2.45) is 39.9 Å². The molecule has 0 bridgehead atoms. The van der Waals surface area contributed by atoms with Crippen LogP contribution < -0.4 is 0 Å². The molecule has 4 nitrogen and oxygen atoms in total. The van der Waals surface area contributed by atoms with Gasteiger partial charge in [-0.05, 0) is 91.9 Å². The maximum Gasteiger partial charge on any atom is 0.330 e. The van der Waals surface area contributed by atoms with Crippen LogP contribution in [0.5, 0.6) is 0 Å². The van der Waals surface area contributed by atoms with Crippen LogP contribution in [-0.2, 0) is 9.59 Å². The molecule has 0 radical (unpaired) electrons. The molecule has 4 aliphatic carbocycles. The average molecular weight is 469 g/mol. The van der Waals surface area contributed by atoms with Gasteiger partial charge in [0, 0.05) is 17.4 Å². The van der Waals surface area contributed by atoms with E-state index < -0.39 is 5.97 Å². The van der Waals surface area contributed by atoms with Crippen LogP contribution in [-0.4, -0.2) is 28.6 Å². The van der Waals surface area contributed by atoms with E-state index in [0.29, 0.717) is 41.4 Å². The summed E-state index contributed by atoms with van der Waals surface area (Å²) >= 11 is 0. The monoisotopic (exact) mass is 468 g/mol. The number of carbonyl (C=O) groups excluding carboxylic acids is 1. The highest BCUT2D eigenvalue weighted by Crippen LogP contribution is 2.69. The minimum Gasteiger partial charge on any atom is -0.478 e. The summed E-state index contributed by atoms with van der Waals surface area (Å²) in [5.74, 6) is 1.17. The van der Waals surface area contributed by atoms with Crippen LogP contribution in [0, 0.1) is 39.9 Å². The van der Waals surface area contributed by atoms with Crippen molar-refractivity contribution < 1.29 is 19.8 Å². The second-order valence-electron chi connectivity index (χ2n) is 12.7. The number of carbonyl (C=O) groups is 2. The lowest BCUT2D eigenvalue weighted by Crippen LogP contribution is -2.52. The van der Waals surface area contributed by atoms with Gasteiger partial charge in [-0.25, -0.2) is 4.79 Å². The molecule has 0 aromatic rings.